The zero-order chi connectivity index (χ0) is 24.9. The van der Waals surface area contributed by atoms with E-state index in [0.717, 1.165) is 44.2 Å². The van der Waals surface area contributed by atoms with Crippen molar-refractivity contribution in [3.05, 3.63) is 57.6 Å². The molecule has 0 amide bonds. The summed E-state index contributed by atoms with van der Waals surface area (Å²) in [6.45, 7) is 0. The van der Waals surface area contributed by atoms with E-state index >= 15 is 0 Å². The number of carbonyl (C=O) groups is 2. The summed E-state index contributed by atoms with van der Waals surface area (Å²) in [5.74, 6) is -1.17. The van der Waals surface area contributed by atoms with Gasteiger partial charge in [0.15, 0.2) is 0 Å². The molecular formula is C24H16Br6O4. The highest BCUT2D eigenvalue weighted by Crippen LogP contribution is 2.58. The van der Waals surface area contributed by atoms with Gasteiger partial charge in [-0.3, -0.25) is 0 Å². The number of fused-ring (bicyclic) bond motifs is 3. The summed E-state index contributed by atoms with van der Waals surface area (Å²) < 4.78 is 10.0. The SMILES string of the molecule is COC(=O)c1c(CBr)c2c(c(CBr)c1C(=O)OC)-c1c(C(Br)Br)ccc3ccc(C(Br)Br)c-2c13. The Kier molecular flexibility index (Phi) is 8.37. The van der Waals surface area contributed by atoms with Crippen LogP contribution in [0.25, 0.3) is 33.0 Å². The number of benzene rings is 3. The highest BCUT2D eigenvalue weighted by molar-refractivity contribution is 9.24. The number of esters is 2. The topological polar surface area (TPSA) is 52.6 Å². The molecule has 1 aliphatic carbocycles. The van der Waals surface area contributed by atoms with Crippen LogP contribution >= 0.6 is 95.6 Å². The van der Waals surface area contributed by atoms with E-state index in [9.17, 15) is 9.59 Å². The van der Waals surface area contributed by atoms with Crippen molar-refractivity contribution in [2.45, 2.75) is 18.1 Å². The number of rotatable bonds is 6. The summed E-state index contributed by atoms with van der Waals surface area (Å²) in [6.07, 6.45) is 0. The third-order valence-corrected chi connectivity index (χ3v) is 9.07. The summed E-state index contributed by atoms with van der Waals surface area (Å²) >= 11 is 21.9. The number of alkyl halides is 6. The fourth-order valence-electron chi connectivity index (χ4n) is 4.68. The van der Waals surface area contributed by atoms with Crippen molar-refractivity contribution in [1.29, 1.82) is 0 Å². The van der Waals surface area contributed by atoms with Crippen molar-refractivity contribution >= 4 is 118 Å². The van der Waals surface area contributed by atoms with Crippen LogP contribution < -0.4 is 0 Å². The molecule has 178 valence electrons. The van der Waals surface area contributed by atoms with Crippen LogP contribution in [0.15, 0.2) is 24.3 Å². The van der Waals surface area contributed by atoms with E-state index in [1.54, 1.807) is 0 Å². The summed E-state index contributed by atoms with van der Waals surface area (Å²) in [6, 6.07) is 8.32. The average Bonchev–Trinajstić information content (AvgIpc) is 3.18. The van der Waals surface area contributed by atoms with Gasteiger partial charge in [-0.1, -0.05) is 120 Å². The third kappa shape index (κ3) is 4.08. The molecule has 0 aromatic heterocycles. The summed E-state index contributed by atoms with van der Waals surface area (Å²) in [7, 11) is 2.63. The Balaban J connectivity index is 2.37. The molecule has 3 aromatic carbocycles. The quantitative estimate of drug-likeness (QED) is 0.144. The zero-order valence-corrected chi connectivity index (χ0v) is 27.3. The molecule has 10 heteroatoms. The molecule has 0 fully saturated rings. The summed E-state index contributed by atoms with van der Waals surface area (Å²) in [5.41, 5.74) is 7.69. The van der Waals surface area contributed by atoms with Gasteiger partial charge in [0.2, 0.25) is 0 Å². The minimum absolute atomic E-state index is 0.122. The van der Waals surface area contributed by atoms with Gasteiger partial charge in [0.1, 0.15) is 0 Å². The molecule has 0 aliphatic heterocycles. The molecule has 0 spiro atoms. The Morgan fingerprint density at radius 2 is 1.09 bits per heavy atom. The second-order valence-corrected chi connectivity index (χ2v) is 14.7. The second-order valence-electron chi connectivity index (χ2n) is 7.47. The third-order valence-electron chi connectivity index (χ3n) is 5.97. The predicted octanol–water partition coefficient (Wildman–Crippen LogP) is 9.43. The maximum atomic E-state index is 13.1. The highest BCUT2D eigenvalue weighted by atomic mass is 79.9. The van der Waals surface area contributed by atoms with Crippen LogP contribution in [0.1, 0.15) is 50.4 Å². The minimum Gasteiger partial charge on any atom is -0.465 e. The van der Waals surface area contributed by atoms with E-state index in [-0.39, 0.29) is 18.6 Å². The van der Waals surface area contributed by atoms with Crippen molar-refractivity contribution in [1.82, 2.24) is 0 Å². The van der Waals surface area contributed by atoms with Crippen LogP contribution in [-0.4, -0.2) is 26.2 Å². The number of methoxy groups -OCH3 is 2. The van der Waals surface area contributed by atoms with Crippen molar-refractivity contribution in [2.24, 2.45) is 0 Å². The average molecular weight is 848 g/mol. The Morgan fingerprint density at radius 3 is 1.38 bits per heavy atom. The van der Waals surface area contributed by atoms with Crippen molar-refractivity contribution < 1.29 is 19.1 Å². The van der Waals surface area contributed by atoms with E-state index < -0.39 is 11.9 Å². The van der Waals surface area contributed by atoms with E-state index in [1.807, 2.05) is 0 Å². The van der Waals surface area contributed by atoms with E-state index in [2.05, 4.69) is 120 Å². The first-order valence-corrected chi connectivity index (χ1v) is 15.8. The molecule has 3 aromatic rings. The van der Waals surface area contributed by atoms with Crippen molar-refractivity contribution in [2.75, 3.05) is 14.2 Å². The summed E-state index contributed by atoms with van der Waals surface area (Å²) in [4.78, 5) is 26.2. The smallest absolute Gasteiger partial charge is 0.339 e. The predicted molar refractivity (Wildman–Crippen MR) is 158 cm³/mol. The first-order valence-electron chi connectivity index (χ1n) is 9.90. The molecule has 4 rings (SSSR count). The second kappa shape index (κ2) is 10.6. The molecule has 0 saturated carbocycles. The van der Waals surface area contributed by atoms with Gasteiger partial charge in [0.05, 0.1) is 32.8 Å². The lowest BCUT2D eigenvalue weighted by Crippen LogP contribution is -2.18. The lowest BCUT2D eigenvalue weighted by molar-refractivity contribution is 0.0554. The van der Waals surface area contributed by atoms with Gasteiger partial charge in [-0.15, -0.1) is 0 Å². The maximum Gasteiger partial charge on any atom is 0.339 e. The van der Waals surface area contributed by atoms with Gasteiger partial charge in [-0.25, -0.2) is 9.59 Å². The van der Waals surface area contributed by atoms with Gasteiger partial charge in [-0.2, -0.15) is 0 Å². The number of carbonyl (C=O) groups excluding carboxylic acids is 2. The largest absolute Gasteiger partial charge is 0.465 e. The molecule has 0 saturated heterocycles. The van der Waals surface area contributed by atoms with Crippen LogP contribution in [0.5, 0.6) is 0 Å². The minimum atomic E-state index is -0.585. The molecule has 0 radical (unpaired) electrons. The van der Waals surface area contributed by atoms with E-state index in [1.165, 1.54) is 14.2 Å². The fourth-order valence-corrected chi connectivity index (χ4v) is 7.33. The van der Waals surface area contributed by atoms with Gasteiger partial charge >= 0.3 is 11.9 Å². The van der Waals surface area contributed by atoms with Gasteiger partial charge in [0.25, 0.3) is 0 Å². The molecule has 0 N–H and O–H groups in total. The van der Waals surface area contributed by atoms with Gasteiger partial charge in [0, 0.05) is 10.7 Å². The molecule has 0 atom stereocenters. The maximum absolute atomic E-state index is 13.1. The van der Waals surface area contributed by atoms with Crippen LogP contribution in [0.2, 0.25) is 0 Å². The zero-order valence-electron chi connectivity index (χ0n) is 17.8. The first-order chi connectivity index (χ1) is 16.2. The van der Waals surface area contributed by atoms with Crippen molar-refractivity contribution in [3.63, 3.8) is 0 Å². The number of ether oxygens (including phenoxy) is 2. The molecule has 0 unspecified atom stereocenters. The Bertz CT molecular complexity index is 1250. The monoisotopic (exact) mass is 842 g/mol. The normalized spacial score (nSPS) is 11.9. The molecule has 0 heterocycles. The Morgan fingerprint density at radius 1 is 0.706 bits per heavy atom. The van der Waals surface area contributed by atoms with Crippen LogP contribution in [0.4, 0.5) is 0 Å². The van der Waals surface area contributed by atoms with Gasteiger partial charge in [-0.05, 0) is 55.3 Å². The first kappa shape index (κ1) is 26.8. The van der Waals surface area contributed by atoms with Crippen LogP contribution in [0, 0.1) is 0 Å². The lowest BCUT2D eigenvalue weighted by atomic mass is 9.85. The Hall–Kier alpha value is -0.260. The Labute approximate surface area is 247 Å². The summed E-state index contributed by atoms with van der Waals surface area (Å²) in [5, 5.41) is 2.81. The number of halogens is 6. The van der Waals surface area contributed by atoms with Crippen LogP contribution in [-0.2, 0) is 20.1 Å². The molecule has 1 aliphatic rings. The molecule has 4 nitrogen and oxygen atoms in total. The van der Waals surface area contributed by atoms with Gasteiger partial charge < -0.3 is 9.47 Å². The molecule has 0 bridgehead atoms. The van der Waals surface area contributed by atoms with Crippen molar-refractivity contribution in [3.8, 4) is 22.3 Å². The standard InChI is InChI=1S/C24H16Br6O4/c1-33-23(31)19-12(7-25)17-15-10(21(27)28)5-3-9-4-6-11(22(29)30)16(14(9)15)18(17)13(8-26)20(19)24(32)34-2/h3-6,21-22H,7-8H2,1-2H3. The molecular weight excluding hydrogens is 832 g/mol. The highest BCUT2D eigenvalue weighted by Gasteiger charge is 2.38. The lowest BCUT2D eigenvalue weighted by Gasteiger charge is -2.22. The van der Waals surface area contributed by atoms with E-state index in [4.69, 9.17) is 9.47 Å². The number of hydrogen-bond acceptors (Lipinski definition) is 4. The number of hydrogen-bond donors (Lipinski definition) is 0. The molecule has 34 heavy (non-hydrogen) atoms. The fraction of sp³-hybridized carbons (Fsp3) is 0.250. The van der Waals surface area contributed by atoms with Crippen LogP contribution in [0.3, 0.4) is 0 Å². The van der Waals surface area contributed by atoms with E-state index in [0.29, 0.717) is 21.8 Å².